The minimum absolute atomic E-state index is 0.149. The molecular weight excluding hydrogens is 312 g/mol. The standard InChI is InChI=1S/C10H14N2O.C9H18O.C2H6/c1-10(2,3)9(13)6-8-4-5-11-12-7-8;1-7(2)6-8(10)9(3,4)5;1-2/h4-5,7H,6H2,1-3H3;7H,6H2,1-5H3;1-2H3. The molecule has 144 valence electrons. The number of Topliss-reactive ketones (excluding diaryl/α,β-unsaturated/α-hetero) is 2. The van der Waals surface area contributed by atoms with Gasteiger partial charge in [0.1, 0.15) is 11.6 Å². The van der Waals surface area contributed by atoms with Crippen LogP contribution in [0.1, 0.15) is 81.2 Å². The van der Waals surface area contributed by atoms with Crippen LogP contribution in [0.5, 0.6) is 0 Å². The Morgan fingerprint density at radius 2 is 1.40 bits per heavy atom. The van der Waals surface area contributed by atoms with E-state index in [1.165, 1.54) is 0 Å². The van der Waals surface area contributed by atoms with E-state index in [4.69, 9.17) is 0 Å². The predicted molar refractivity (Wildman–Crippen MR) is 105 cm³/mol. The van der Waals surface area contributed by atoms with Gasteiger partial charge in [-0.05, 0) is 17.5 Å². The van der Waals surface area contributed by atoms with Crippen molar-refractivity contribution in [3.8, 4) is 0 Å². The molecule has 0 atom stereocenters. The number of nitrogens with zero attached hydrogens (tertiary/aromatic N) is 2. The van der Waals surface area contributed by atoms with Crippen molar-refractivity contribution in [2.45, 2.75) is 82.1 Å². The highest BCUT2D eigenvalue weighted by atomic mass is 16.1. The highest BCUT2D eigenvalue weighted by molar-refractivity contribution is 5.85. The van der Waals surface area contributed by atoms with E-state index in [9.17, 15) is 9.59 Å². The zero-order valence-electron chi connectivity index (χ0n) is 17.9. The van der Waals surface area contributed by atoms with E-state index in [0.717, 1.165) is 5.56 Å². The molecule has 25 heavy (non-hydrogen) atoms. The minimum Gasteiger partial charge on any atom is -0.299 e. The number of aromatic nitrogens is 2. The summed E-state index contributed by atoms with van der Waals surface area (Å²) in [5.41, 5.74) is 0.503. The van der Waals surface area contributed by atoms with Crippen molar-refractivity contribution in [3.63, 3.8) is 0 Å². The number of hydrogen-bond donors (Lipinski definition) is 0. The molecule has 0 saturated carbocycles. The van der Waals surface area contributed by atoms with Crippen molar-refractivity contribution >= 4 is 11.6 Å². The third-order valence-electron chi connectivity index (χ3n) is 3.28. The van der Waals surface area contributed by atoms with E-state index in [1.807, 2.05) is 61.5 Å². The molecule has 1 aromatic rings. The van der Waals surface area contributed by atoms with Gasteiger partial charge in [0.15, 0.2) is 0 Å². The maximum absolute atomic E-state index is 11.6. The molecule has 1 aromatic heterocycles. The normalized spacial score (nSPS) is 11.0. The molecule has 0 amide bonds. The lowest BCUT2D eigenvalue weighted by molar-refractivity contribution is -0.127. The molecule has 1 heterocycles. The zero-order chi connectivity index (χ0) is 20.3. The van der Waals surface area contributed by atoms with Crippen molar-refractivity contribution < 1.29 is 9.59 Å². The fourth-order valence-corrected chi connectivity index (χ4v) is 1.55. The Balaban J connectivity index is 0. The average molecular weight is 351 g/mol. The molecule has 0 aromatic carbocycles. The quantitative estimate of drug-likeness (QED) is 0.738. The Morgan fingerprint density at radius 1 is 0.920 bits per heavy atom. The molecule has 4 nitrogen and oxygen atoms in total. The minimum atomic E-state index is -0.275. The third-order valence-corrected chi connectivity index (χ3v) is 3.28. The lowest BCUT2D eigenvalue weighted by Crippen LogP contribution is -2.22. The van der Waals surface area contributed by atoms with Crippen molar-refractivity contribution in [1.82, 2.24) is 10.2 Å². The molecule has 0 aliphatic rings. The van der Waals surface area contributed by atoms with Gasteiger partial charge < -0.3 is 0 Å². The Labute approximate surface area is 154 Å². The van der Waals surface area contributed by atoms with Crippen molar-refractivity contribution in [1.29, 1.82) is 0 Å². The van der Waals surface area contributed by atoms with Crippen LogP contribution >= 0.6 is 0 Å². The van der Waals surface area contributed by atoms with Crippen LogP contribution in [0.15, 0.2) is 18.5 Å². The summed E-state index contributed by atoms with van der Waals surface area (Å²) in [6.45, 7) is 19.8. The van der Waals surface area contributed by atoms with E-state index in [1.54, 1.807) is 12.4 Å². The molecule has 0 spiro atoms. The van der Waals surface area contributed by atoms with Gasteiger partial charge in [-0.15, -0.1) is 0 Å². The third kappa shape index (κ3) is 13.4. The topological polar surface area (TPSA) is 59.9 Å². The number of rotatable bonds is 4. The first kappa shape index (κ1) is 25.7. The van der Waals surface area contributed by atoms with Gasteiger partial charge in [-0.25, -0.2) is 0 Å². The Hall–Kier alpha value is -1.58. The van der Waals surface area contributed by atoms with Gasteiger partial charge in [-0.3, -0.25) is 9.59 Å². The van der Waals surface area contributed by atoms with E-state index in [0.29, 0.717) is 24.5 Å². The fourth-order valence-electron chi connectivity index (χ4n) is 1.55. The van der Waals surface area contributed by atoms with Gasteiger partial charge in [-0.1, -0.05) is 69.2 Å². The number of carbonyl (C=O) groups is 2. The average Bonchev–Trinajstić information content (AvgIpc) is 2.48. The number of ketones is 2. The van der Waals surface area contributed by atoms with Crippen LogP contribution in [-0.2, 0) is 16.0 Å². The van der Waals surface area contributed by atoms with Gasteiger partial charge in [0.05, 0.1) is 6.20 Å². The molecule has 4 heteroatoms. The molecule has 0 saturated heterocycles. The van der Waals surface area contributed by atoms with Crippen LogP contribution < -0.4 is 0 Å². The van der Waals surface area contributed by atoms with E-state index in [2.05, 4.69) is 24.0 Å². The molecule has 0 N–H and O–H groups in total. The van der Waals surface area contributed by atoms with Gasteiger partial charge in [0.25, 0.3) is 0 Å². The monoisotopic (exact) mass is 350 g/mol. The SMILES string of the molecule is CC.CC(C)(C)C(=O)Cc1ccnnc1.CC(C)CC(=O)C(C)(C)C. The summed E-state index contributed by atoms with van der Waals surface area (Å²) in [5, 5.41) is 7.37. The first-order chi connectivity index (χ1) is 11.3. The fraction of sp³-hybridized carbons (Fsp3) is 0.714. The molecule has 1 rings (SSSR count). The highest BCUT2D eigenvalue weighted by Crippen LogP contribution is 2.19. The molecule has 0 bridgehead atoms. The second-order valence-electron chi connectivity index (χ2n) is 8.37. The molecule has 0 radical (unpaired) electrons. The van der Waals surface area contributed by atoms with Crippen LogP contribution in [0.4, 0.5) is 0 Å². The molecular formula is C21H38N2O2. The van der Waals surface area contributed by atoms with Gasteiger partial charge >= 0.3 is 0 Å². The Kier molecular flexibility index (Phi) is 12.2. The number of hydrogen-bond acceptors (Lipinski definition) is 4. The van der Waals surface area contributed by atoms with Crippen LogP contribution in [0.25, 0.3) is 0 Å². The smallest absolute Gasteiger partial charge is 0.142 e. The summed E-state index contributed by atoms with van der Waals surface area (Å²) in [7, 11) is 0. The molecule has 0 fully saturated rings. The second kappa shape index (κ2) is 11.9. The van der Waals surface area contributed by atoms with Gasteiger partial charge in [0.2, 0.25) is 0 Å². The van der Waals surface area contributed by atoms with Gasteiger partial charge in [-0.2, -0.15) is 10.2 Å². The lowest BCUT2D eigenvalue weighted by atomic mass is 9.86. The van der Waals surface area contributed by atoms with Crippen molar-refractivity contribution in [3.05, 3.63) is 24.0 Å². The van der Waals surface area contributed by atoms with Crippen LogP contribution in [0, 0.1) is 16.7 Å². The van der Waals surface area contributed by atoms with E-state index in [-0.39, 0.29) is 16.6 Å². The summed E-state index contributed by atoms with van der Waals surface area (Å²) in [6.07, 6.45) is 4.39. The lowest BCUT2D eigenvalue weighted by Gasteiger charge is -2.17. The summed E-state index contributed by atoms with van der Waals surface area (Å²) < 4.78 is 0. The van der Waals surface area contributed by atoms with Crippen molar-refractivity contribution in [2.75, 3.05) is 0 Å². The zero-order valence-corrected chi connectivity index (χ0v) is 17.9. The summed E-state index contributed by atoms with van der Waals surface area (Å²) >= 11 is 0. The molecule has 0 aliphatic carbocycles. The molecule has 0 unspecified atom stereocenters. The summed E-state index contributed by atoms with van der Waals surface area (Å²) in [4.78, 5) is 22.9. The predicted octanol–water partition coefficient (Wildman–Crippen LogP) is 5.31. The van der Waals surface area contributed by atoms with Crippen LogP contribution in [0.3, 0.4) is 0 Å². The molecule has 0 aliphatic heterocycles. The maximum Gasteiger partial charge on any atom is 0.142 e. The second-order valence-corrected chi connectivity index (χ2v) is 8.37. The van der Waals surface area contributed by atoms with E-state index >= 15 is 0 Å². The number of carbonyl (C=O) groups excluding carboxylic acids is 2. The summed E-state index contributed by atoms with van der Waals surface area (Å²) in [5.74, 6) is 1.08. The first-order valence-electron chi connectivity index (χ1n) is 9.16. The van der Waals surface area contributed by atoms with Gasteiger partial charge in [0, 0.05) is 29.9 Å². The van der Waals surface area contributed by atoms with Crippen LogP contribution in [-0.4, -0.2) is 21.8 Å². The van der Waals surface area contributed by atoms with Crippen LogP contribution in [0.2, 0.25) is 0 Å². The largest absolute Gasteiger partial charge is 0.299 e. The Bertz CT molecular complexity index is 495. The highest BCUT2D eigenvalue weighted by Gasteiger charge is 2.21. The maximum atomic E-state index is 11.6. The summed E-state index contributed by atoms with van der Waals surface area (Å²) in [6, 6.07) is 1.82. The first-order valence-corrected chi connectivity index (χ1v) is 9.16. The Morgan fingerprint density at radius 3 is 1.68 bits per heavy atom. The van der Waals surface area contributed by atoms with E-state index < -0.39 is 0 Å². The van der Waals surface area contributed by atoms with Crippen molar-refractivity contribution in [2.24, 2.45) is 16.7 Å².